The zero-order valence-electron chi connectivity index (χ0n) is 15.3. The van der Waals surface area contributed by atoms with Crippen LogP contribution in [0.4, 0.5) is 5.69 Å². The fraction of sp³-hybridized carbons (Fsp3) is 0.550. The minimum Gasteiger partial charge on any atom is -0.353 e. The first-order valence-electron chi connectivity index (χ1n) is 9.77. The van der Waals surface area contributed by atoms with Gasteiger partial charge in [0, 0.05) is 29.9 Å². The number of hydrogen-bond acceptors (Lipinski definition) is 4. The van der Waals surface area contributed by atoms with Gasteiger partial charge in [-0.25, -0.2) is 0 Å². The highest BCUT2D eigenvalue weighted by atomic mass is 32.2. The van der Waals surface area contributed by atoms with E-state index in [4.69, 9.17) is 0 Å². The monoisotopic (exact) mass is 387 g/mol. The first kappa shape index (κ1) is 18.3. The molecule has 3 aliphatic rings. The van der Waals surface area contributed by atoms with E-state index < -0.39 is 5.25 Å². The lowest BCUT2D eigenvalue weighted by Crippen LogP contribution is -2.49. The van der Waals surface area contributed by atoms with E-state index in [1.54, 1.807) is 4.90 Å². The number of amides is 3. The Morgan fingerprint density at radius 3 is 2.52 bits per heavy atom. The highest BCUT2D eigenvalue weighted by molar-refractivity contribution is 8.01. The number of anilines is 1. The molecule has 1 aliphatic carbocycles. The van der Waals surface area contributed by atoms with Crippen molar-refractivity contribution < 1.29 is 14.4 Å². The highest BCUT2D eigenvalue weighted by Crippen LogP contribution is 2.36. The molecule has 0 radical (unpaired) electrons. The van der Waals surface area contributed by atoms with Crippen LogP contribution in [-0.4, -0.2) is 47.0 Å². The lowest BCUT2D eigenvalue weighted by Gasteiger charge is -2.34. The number of thioether (sulfide) groups is 1. The molecule has 1 saturated heterocycles. The number of nitrogens with one attached hydrogen (secondary N) is 2. The summed E-state index contributed by atoms with van der Waals surface area (Å²) in [6.07, 6.45) is 5.89. The zero-order valence-corrected chi connectivity index (χ0v) is 16.1. The molecule has 0 bridgehead atoms. The van der Waals surface area contributed by atoms with E-state index in [9.17, 15) is 14.4 Å². The Morgan fingerprint density at radius 2 is 1.78 bits per heavy atom. The molecule has 3 amide bonds. The summed E-state index contributed by atoms with van der Waals surface area (Å²) in [6.45, 7) is 1.07. The smallest absolute Gasteiger partial charge is 0.247 e. The van der Waals surface area contributed by atoms with Crippen molar-refractivity contribution in [2.45, 2.75) is 54.7 Å². The fourth-order valence-electron chi connectivity index (χ4n) is 4.13. The molecule has 6 nitrogen and oxygen atoms in total. The molecule has 1 atom stereocenters. The number of carbonyl (C=O) groups excluding carboxylic acids is 3. The van der Waals surface area contributed by atoms with Gasteiger partial charge >= 0.3 is 0 Å². The van der Waals surface area contributed by atoms with Gasteiger partial charge in [-0.3, -0.25) is 14.4 Å². The van der Waals surface area contributed by atoms with Crippen molar-refractivity contribution in [2.75, 3.05) is 18.4 Å². The summed E-state index contributed by atoms with van der Waals surface area (Å²) < 4.78 is 0. The Hall–Kier alpha value is -2.02. The molecule has 1 saturated carbocycles. The molecule has 0 aromatic heterocycles. The Bertz CT molecular complexity index is 740. The van der Waals surface area contributed by atoms with Gasteiger partial charge < -0.3 is 15.5 Å². The fourth-order valence-corrected chi connectivity index (χ4v) is 5.20. The number of piperidine rings is 1. The van der Waals surface area contributed by atoms with Crippen LogP contribution in [0.2, 0.25) is 0 Å². The molecule has 0 spiro atoms. The minimum atomic E-state index is -0.747. The van der Waals surface area contributed by atoms with Crippen LogP contribution in [0.1, 0.15) is 38.5 Å². The first-order valence-corrected chi connectivity index (χ1v) is 10.7. The molecule has 1 aromatic carbocycles. The number of likely N-dealkylation sites (tertiary alicyclic amines) is 1. The van der Waals surface area contributed by atoms with Crippen LogP contribution in [0.25, 0.3) is 0 Å². The SMILES string of the molecule is O=C(NC1CCCC1)C1CCN(C(=O)[C@H]2Sc3ccccc3NC2=O)CC1. The highest BCUT2D eigenvalue weighted by Gasteiger charge is 2.37. The summed E-state index contributed by atoms with van der Waals surface area (Å²) in [5.41, 5.74) is 0.763. The van der Waals surface area contributed by atoms with E-state index in [1.165, 1.54) is 24.6 Å². The van der Waals surface area contributed by atoms with Crippen LogP contribution in [-0.2, 0) is 14.4 Å². The summed E-state index contributed by atoms with van der Waals surface area (Å²) in [6, 6.07) is 7.86. The molecular weight excluding hydrogens is 362 g/mol. The number of fused-ring (bicyclic) bond motifs is 1. The number of para-hydroxylation sites is 1. The third kappa shape index (κ3) is 3.98. The molecule has 0 unspecified atom stereocenters. The van der Waals surface area contributed by atoms with Crippen LogP contribution in [0.3, 0.4) is 0 Å². The van der Waals surface area contributed by atoms with Gasteiger partial charge in [-0.05, 0) is 37.8 Å². The van der Waals surface area contributed by atoms with E-state index in [0.717, 1.165) is 23.4 Å². The molecule has 2 N–H and O–H groups in total. The van der Waals surface area contributed by atoms with E-state index >= 15 is 0 Å². The van der Waals surface area contributed by atoms with E-state index in [-0.39, 0.29) is 23.6 Å². The Balaban J connectivity index is 1.32. The normalized spacial score (nSPS) is 23.6. The van der Waals surface area contributed by atoms with Crippen molar-refractivity contribution in [3.63, 3.8) is 0 Å². The van der Waals surface area contributed by atoms with Crippen LogP contribution < -0.4 is 10.6 Å². The molecule has 27 heavy (non-hydrogen) atoms. The third-order valence-corrected chi connectivity index (χ3v) is 6.99. The number of hydrogen-bond donors (Lipinski definition) is 2. The second-order valence-electron chi connectivity index (χ2n) is 7.57. The second kappa shape index (κ2) is 7.92. The Labute approximate surface area is 163 Å². The predicted octanol–water partition coefficient (Wildman–Crippen LogP) is 2.40. The second-order valence-corrected chi connectivity index (χ2v) is 8.72. The Kier molecular flexibility index (Phi) is 5.38. The molecule has 2 heterocycles. The predicted molar refractivity (Wildman–Crippen MR) is 104 cm³/mol. The number of nitrogens with zero attached hydrogens (tertiary/aromatic N) is 1. The maximum atomic E-state index is 12.9. The van der Waals surface area contributed by atoms with Crippen LogP contribution in [0.5, 0.6) is 0 Å². The maximum absolute atomic E-state index is 12.9. The summed E-state index contributed by atoms with van der Waals surface area (Å²) in [5.74, 6) is -0.303. The van der Waals surface area contributed by atoms with Gasteiger partial charge in [0.2, 0.25) is 17.7 Å². The Morgan fingerprint density at radius 1 is 1.07 bits per heavy atom. The lowest BCUT2D eigenvalue weighted by molar-refractivity contribution is -0.137. The van der Waals surface area contributed by atoms with Crippen molar-refractivity contribution in [3.05, 3.63) is 24.3 Å². The third-order valence-electron chi connectivity index (χ3n) is 5.73. The molecule has 2 aliphatic heterocycles. The van der Waals surface area contributed by atoms with Gasteiger partial charge in [-0.1, -0.05) is 25.0 Å². The maximum Gasteiger partial charge on any atom is 0.247 e. The van der Waals surface area contributed by atoms with Crippen molar-refractivity contribution in [1.82, 2.24) is 10.2 Å². The van der Waals surface area contributed by atoms with Gasteiger partial charge in [0.25, 0.3) is 0 Å². The zero-order chi connectivity index (χ0) is 18.8. The molecule has 2 fully saturated rings. The summed E-state index contributed by atoms with van der Waals surface area (Å²) in [5, 5.41) is 5.24. The van der Waals surface area contributed by atoms with E-state index in [0.29, 0.717) is 32.0 Å². The van der Waals surface area contributed by atoms with Crippen molar-refractivity contribution in [2.24, 2.45) is 5.92 Å². The number of rotatable bonds is 3. The van der Waals surface area contributed by atoms with Gasteiger partial charge in [-0.2, -0.15) is 0 Å². The van der Waals surface area contributed by atoms with Crippen molar-refractivity contribution >= 4 is 35.2 Å². The lowest BCUT2D eigenvalue weighted by atomic mass is 9.95. The van der Waals surface area contributed by atoms with Crippen molar-refractivity contribution in [1.29, 1.82) is 0 Å². The van der Waals surface area contributed by atoms with E-state index in [2.05, 4.69) is 10.6 Å². The van der Waals surface area contributed by atoms with Crippen LogP contribution in [0, 0.1) is 5.92 Å². The summed E-state index contributed by atoms with van der Waals surface area (Å²) in [7, 11) is 0. The number of carbonyl (C=O) groups is 3. The van der Waals surface area contributed by atoms with E-state index in [1.807, 2.05) is 24.3 Å². The van der Waals surface area contributed by atoms with Crippen molar-refractivity contribution in [3.8, 4) is 0 Å². The quantitative estimate of drug-likeness (QED) is 0.781. The van der Waals surface area contributed by atoms with Gasteiger partial charge in [0.15, 0.2) is 5.25 Å². The average molecular weight is 388 g/mol. The molecule has 1 aromatic rings. The largest absolute Gasteiger partial charge is 0.353 e. The first-order chi connectivity index (χ1) is 13.1. The number of benzene rings is 1. The minimum absolute atomic E-state index is 0.0248. The van der Waals surface area contributed by atoms with Gasteiger partial charge in [0.05, 0.1) is 5.69 Å². The molecule has 4 rings (SSSR count). The summed E-state index contributed by atoms with van der Waals surface area (Å²) in [4.78, 5) is 40.3. The average Bonchev–Trinajstić information content (AvgIpc) is 3.20. The van der Waals surface area contributed by atoms with Gasteiger partial charge in [0.1, 0.15) is 0 Å². The summed E-state index contributed by atoms with van der Waals surface area (Å²) >= 11 is 1.31. The molecule has 144 valence electrons. The van der Waals surface area contributed by atoms with Crippen LogP contribution >= 0.6 is 11.8 Å². The molecular formula is C20H25N3O3S. The van der Waals surface area contributed by atoms with Crippen LogP contribution in [0.15, 0.2) is 29.2 Å². The molecule has 7 heteroatoms. The van der Waals surface area contributed by atoms with Gasteiger partial charge in [-0.15, -0.1) is 11.8 Å². The standard InChI is InChI=1S/C20H25N3O3S/c24-18(21-14-5-1-2-6-14)13-9-11-23(12-10-13)20(26)17-19(25)22-15-7-3-4-8-16(15)27-17/h3-4,7-8,13-14,17H,1-2,5-6,9-12H2,(H,21,24)(H,22,25)/t17-/m0/s1. The topological polar surface area (TPSA) is 78.5 Å².